The summed E-state index contributed by atoms with van der Waals surface area (Å²) in [6.07, 6.45) is 4.98. The van der Waals surface area contributed by atoms with E-state index < -0.39 is 5.97 Å². The van der Waals surface area contributed by atoms with Crippen LogP contribution in [-0.4, -0.2) is 29.8 Å². The van der Waals surface area contributed by atoms with Crippen molar-refractivity contribution in [3.63, 3.8) is 0 Å². The normalized spacial score (nSPS) is 10.7. The van der Waals surface area contributed by atoms with Gasteiger partial charge in [-0.25, -0.2) is 9.78 Å². The number of rotatable bonds is 7. The Morgan fingerprint density at radius 3 is 2.71 bits per heavy atom. The minimum Gasteiger partial charge on any atom is -0.497 e. The molecule has 0 saturated carbocycles. The van der Waals surface area contributed by atoms with Gasteiger partial charge in [0.1, 0.15) is 11.5 Å². The summed E-state index contributed by atoms with van der Waals surface area (Å²) in [7, 11) is 1.62. The van der Waals surface area contributed by atoms with Crippen LogP contribution in [0.4, 0.5) is 0 Å². The Balaban J connectivity index is 1.81. The van der Waals surface area contributed by atoms with E-state index in [4.69, 9.17) is 14.6 Å². The number of methoxy groups -OCH3 is 1. The highest BCUT2D eigenvalue weighted by atomic mass is 32.1. The van der Waals surface area contributed by atoms with Crippen LogP contribution in [0.15, 0.2) is 36.5 Å². The first kappa shape index (κ1) is 15.1. The average molecular weight is 305 g/mol. The number of benzene rings is 1. The first-order valence-corrected chi connectivity index (χ1v) is 7.11. The van der Waals surface area contributed by atoms with Crippen molar-refractivity contribution in [2.45, 2.75) is 6.42 Å². The van der Waals surface area contributed by atoms with Crippen LogP contribution in [0.1, 0.15) is 9.88 Å². The molecule has 0 aliphatic heterocycles. The number of hydrogen-bond acceptors (Lipinski definition) is 5. The maximum Gasteiger partial charge on any atom is 0.328 e. The molecule has 0 radical (unpaired) electrons. The number of hydrogen-bond donors (Lipinski definition) is 1. The minimum atomic E-state index is -0.965. The quantitative estimate of drug-likeness (QED) is 0.797. The van der Waals surface area contributed by atoms with Crippen LogP contribution in [0.5, 0.6) is 11.5 Å². The fourth-order valence-electron chi connectivity index (χ4n) is 1.60. The van der Waals surface area contributed by atoms with Gasteiger partial charge in [-0.3, -0.25) is 0 Å². The predicted molar refractivity (Wildman–Crippen MR) is 81.0 cm³/mol. The SMILES string of the molecule is COc1ccc(OCCc2ncc(/C=C/C(=O)O)s2)cc1. The molecule has 21 heavy (non-hydrogen) atoms. The second-order valence-corrected chi connectivity index (χ2v) is 5.25. The Bertz CT molecular complexity index is 619. The third kappa shape index (κ3) is 4.92. The summed E-state index contributed by atoms with van der Waals surface area (Å²) < 4.78 is 10.7. The molecule has 1 aromatic carbocycles. The predicted octanol–water partition coefficient (Wildman–Crippen LogP) is 2.87. The Morgan fingerprint density at radius 2 is 2.05 bits per heavy atom. The number of carboxylic acid groups (broad SMARTS) is 1. The van der Waals surface area contributed by atoms with Crippen LogP contribution in [0.3, 0.4) is 0 Å². The standard InChI is InChI=1S/C15H15NO4S/c1-19-11-2-4-12(5-3-11)20-9-8-14-16-10-13(21-14)6-7-15(17)18/h2-7,10H,8-9H2,1H3,(H,17,18)/b7-6+. The maximum atomic E-state index is 10.4. The summed E-state index contributed by atoms with van der Waals surface area (Å²) in [4.78, 5) is 15.5. The molecule has 2 rings (SSSR count). The molecule has 2 aromatic rings. The molecule has 6 heteroatoms. The molecule has 0 aliphatic carbocycles. The third-order valence-corrected chi connectivity index (χ3v) is 3.63. The highest BCUT2D eigenvalue weighted by molar-refractivity contribution is 7.12. The van der Waals surface area contributed by atoms with Gasteiger partial charge in [0.15, 0.2) is 0 Å². The number of carbonyl (C=O) groups is 1. The molecule has 0 bridgehead atoms. The second-order valence-electron chi connectivity index (χ2n) is 4.10. The lowest BCUT2D eigenvalue weighted by molar-refractivity contribution is -0.131. The molecule has 0 atom stereocenters. The molecule has 5 nitrogen and oxygen atoms in total. The van der Waals surface area contributed by atoms with Crippen molar-refractivity contribution in [3.8, 4) is 11.5 Å². The van der Waals surface area contributed by atoms with Gasteiger partial charge in [-0.1, -0.05) is 0 Å². The molecule has 0 unspecified atom stereocenters. The van der Waals surface area contributed by atoms with Gasteiger partial charge in [0.25, 0.3) is 0 Å². The van der Waals surface area contributed by atoms with E-state index in [1.165, 1.54) is 17.4 Å². The number of aromatic nitrogens is 1. The highest BCUT2D eigenvalue weighted by Crippen LogP contribution is 2.18. The Kier molecular flexibility index (Phi) is 5.34. The fourth-order valence-corrected chi connectivity index (χ4v) is 2.40. The van der Waals surface area contributed by atoms with Gasteiger partial charge in [-0.15, -0.1) is 11.3 Å². The summed E-state index contributed by atoms with van der Waals surface area (Å²) >= 11 is 1.45. The van der Waals surface area contributed by atoms with Crippen molar-refractivity contribution in [2.75, 3.05) is 13.7 Å². The van der Waals surface area contributed by atoms with Crippen molar-refractivity contribution in [3.05, 3.63) is 46.4 Å². The average Bonchev–Trinajstić information content (AvgIpc) is 2.94. The van der Waals surface area contributed by atoms with Gasteiger partial charge in [-0.2, -0.15) is 0 Å². The van der Waals surface area contributed by atoms with E-state index in [1.54, 1.807) is 13.3 Å². The molecule has 1 aromatic heterocycles. The van der Waals surface area contributed by atoms with Crippen LogP contribution in [-0.2, 0) is 11.2 Å². The number of aliphatic carboxylic acids is 1. The summed E-state index contributed by atoms with van der Waals surface area (Å²) in [6.45, 7) is 0.516. The number of ether oxygens (including phenoxy) is 2. The molecular formula is C15H15NO4S. The molecule has 0 saturated heterocycles. The minimum absolute atomic E-state index is 0.516. The molecule has 0 amide bonds. The molecule has 110 valence electrons. The number of carboxylic acids is 1. The summed E-state index contributed by atoms with van der Waals surface area (Å²) in [6, 6.07) is 7.38. The van der Waals surface area contributed by atoms with E-state index in [1.807, 2.05) is 24.3 Å². The van der Waals surface area contributed by atoms with Crippen LogP contribution >= 0.6 is 11.3 Å². The zero-order valence-corrected chi connectivity index (χ0v) is 12.3. The smallest absolute Gasteiger partial charge is 0.328 e. The Hall–Kier alpha value is -2.34. The summed E-state index contributed by atoms with van der Waals surface area (Å²) in [5.41, 5.74) is 0. The Morgan fingerprint density at radius 1 is 1.33 bits per heavy atom. The molecule has 0 aliphatic rings. The molecular weight excluding hydrogens is 290 g/mol. The lowest BCUT2D eigenvalue weighted by Gasteiger charge is -2.05. The van der Waals surface area contributed by atoms with Crippen molar-refractivity contribution >= 4 is 23.4 Å². The van der Waals surface area contributed by atoms with E-state index in [2.05, 4.69) is 4.98 Å². The van der Waals surface area contributed by atoms with Gasteiger partial charge in [0.05, 0.1) is 18.7 Å². The van der Waals surface area contributed by atoms with Crippen molar-refractivity contribution in [2.24, 2.45) is 0 Å². The zero-order valence-electron chi connectivity index (χ0n) is 11.5. The third-order valence-electron chi connectivity index (χ3n) is 2.61. The fraction of sp³-hybridized carbons (Fsp3) is 0.200. The van der Waals surface area contributed by atoms with Gasteiger partial charge >= 0.3 is 5.97 Å². The van der Waals surface area contributed by atoms with Crippen LogP contribution in [0, 0.1) is 0 Å². The van der Waals surface area contributed by atoms with E-state index in [9.17, 15) is 4.79 Å². The van der Waals surface area contributed by atoms with Crippen LogP contribution < -0.4 is 9.47 Å². The monoisotopic (exact) mass is 305 g/mol. The topological polar surface area (TPSA) is 68.7 Å². The first-order valence-electron chi connectivity index (χ1n) is 6.30. The van der Waals surface area contributed by atoms with Gasteiger partial charge in [0, 0.05) is 23.6 Å². The lowest BCUT2D eigenvalue weighted by Crippen LogP contribution is -2.00. The van der Waals surface area contributed by atoms with Crippen molar-refractivity contribution < 1.29 is 19.4 Å². The highest BCUT2D eigenvalue weighted by Gasteiger charge is 2.01. The van der Waals surface area contributed by atoms with Crippen molar-refractivity contribution in [1.29, 1.82) is 0 Å². The largest absolute Gasteiger partial charge is 0.497 e. The zero-order chi connectivity index (χ0) is 15.1. The molecule has 1 heterocycles. The van der Waals surface area contributed by atoms with Crippen LogP contribution in [0.25, 0.3) is 6.08 Å². The number of nitrogens with zero attached hydrogens (tertiary/aromatic N) is 1. The van der Waals surface area contributed by atoms with Gasteiger partial charge < -0.3 is 14.6 Å². The Labute approximate surface area is 126 Å². The van der Waals surface area contributed by atoms with E-state index in [-0.39, 0.29) is 0 Å². The maximum absolute atomic E-state index is 10.4. The van der Waals surface area contributed by atoms with Crippen molar-refractivity contribution in [1.82, 2.24) is 4.98 Å². The molecule has 0 spiro atoms. The van der Waals surface area contributed by atoms with Crippen LogP contribution in [0.2, 0.25) is 0 Å². The second kappa shape index (κ2) is 7.44. The number of thiazole rings is 1. The molecule has 0 fully saturated rings. The van der Waals surface area contributed by atoms with E-state index in [0.29, 0.717) is 13.0 Å². The lowest BCUT2D eigenvalue weighted by atomic mass is 10.3. The van der Waals surface area contributed by atoms with E-state index >= 15 is 0 Å². The molecule has 1 N–H and O–H groups in total. The van der Waals surface area contributed by atoms with E-state index in [0.717, 1.165) is 27.5 Å². The van der Waals surface area contributed by atoms with Gasteiger partial charge in [-0.05, 0) is 30.3 Å². The summed E-state index contributed by atoms with van der Waals surface area (Å²) in [5.74, 6) is 0.600. The summed E-state index contributed by atoms with van der Waals surface area (Å²) in [5, 5.41) is 9.47. The van der Waals surface area contributed by atoms with Gasteiger partial charge in [0.2, 0.25) is 0 Å². The first-order chi connectivity index (χ1) is 10.2.